The van der Waals surface area contributed by atoms with E-state index in [4.69, 9.17) is 15.2 Å². The maximum atomic E-state index is 6.57. The summed E-state index contributed by atoms with van der Waals surface area (Å²) >= 11 is 0. The standard InChI is InChI=1S/C22H30N6O2/c1-16-4-2-3-7-28(16)22-20(23)21(24-14-25-22)27-10-8-26(9-11-27)13-17-5-6-18-19(12-17)30-15-29-18/h5-6,12,14,16H,2-4,7-11,13,15,23H2,1H3. The molecule has 3 aliphatic rings. The third kappa shape index (κ3) is 3.71. The Balaban J connectivity index is 1.24. The number of rotatable bonds is 4. The normalized spacial score (nSPS) is 21.8. The molecule has 30 heavy (non-hydrogen) atoms. The number of aromatic nitrogens is 2. The zero-order valence-electron chi connectivity index (χ0n) is 17.6. The van der Waals surface area contributed by atoms with Crippen LogP contribution in [0.1, 0.15) is 31.7 Å². The van der Waals surface area contributed by atoms with Gasteiger partial charge in [0.1, 0.15) is 12.0 Å². The van der Waals surface area contributed by atoms with E-state index in [1.165, 1.54) is 24.8 Å². The highest BCUT2D eigenvalue weighted by Crippen LogP contribution is 2.34. The van der Waals surface area contributed by atoms with E-state index in [0.717, 1.165) is 68.1 Å². The molecule has 2 N–H and O–H groups in total. The molecule has 2 fully saturated rings. The van der Waals surface area contributed by atoms with Gasteiger partial charge in [-0.1, -0.05) is 6.07 Å². The highest BCUT2D eigenvalue weighted by molar-refractivity contribution is 5.76. The van der Waals surface area contributed by atoms with E-state index in [2.05, 4.69) is 43.7 Å². The SMILES string of the molecule is CC1CCCCN1c1ncnc(N2CCN(Cc3ccc4c(c3)OCO4)CC2)c1N. The molecule has 160 valence electrons. The van der Waals surface area contributed by atoms with Crippen molar-refractivity contribution >= 4 is 17.3 Å². The van der Waals surface area contributed by atoms with Gasteiger partial charge < -0.3 is 25.0 Å². The first-order valence-corrected chi connectivity index (χ1v) is 10.9. The average molecular weight is 411 g/mol. The summed E-state index contributed by atoms with van der Waals surface area (Å²) in [6, 6.07) is 6.68. The van der Waals surface area contributed by atoms with Crippen LogP contribution in [0.5, 0.6) is 11.5 Å². The summed E-state index contributed by atoms with van der Waals surface area (Å²) in [4.78, 5) is 16.2. The molecule has 0 bridgehead atoms. The largest absolute Gasteiger partial charge is 0.454 e. The first-order chi connectivity index (χ1) is 14.7. The number of ether oxygens (including phenoxy) is 2. The first kappa shape index (κ1) is 19.2. The van der Waals surface area contributed by atoms with Crippen LogP contribution in [0.4, 0.5) is 17.3 Å². The Morgan fingerprint density at radius 1 is 1.00 bits per heavy atom. The van der Waals surface area contributed by atoms with E-state index in [0.29, 0.717) is 12.8 Å². The number of nitrogens with two attached hydrogens (primary N) is 1. The average Bonchev–Trinajstić information content (AvgIpc) is 3.23. The van der Waals surface area contributed by atoms with Gasteiger partial charge in [-0.15, -0.1) is 0 Å². The molecule has 1 atom stereocenters. The Kier molecular flexibility index (Phi) is 5.25. The maximum Gasteiger partial charge on any atom is 0.231 e. The Hall–Kier alpha value is -2.74. The van der Waals surface area contributed by atoms with Gasteiger partial charge in [0, 0.05) is 45.3 Å². The van der Waals surface area contributed by atoms with Gasteiger partial charge in [0.2, 0.25) is 6.79 Å². The van der Waals surface area contributed by atoms with Crippen molar-refractivity contribution in [3.63, 3.8) is 0 Å². The number of hydrogen-bond donors (Lipinski definition) is 1. The molecule has 0 saturated carbocycles. The minimum Gasteiger partial charge on any atom is -0.454 e. The quantitative estimate of drug-likeness (QED) is 0.824. The number of anilines is 3. The summed E-state index contributed by atoms with van der Waals surface area (Å²) in [7, 11) is 0. The monoisotopic (exact) mass is 410 g/mol. The molecule has 0 spiro atoms. The lowest BCUT2D eigenvalue weighted by Crippen LogP contribution is -2.46. The van der Waals surface area contributed by atoms with Crippen molar-refractivity contribution in [2.45, 2.75) is 38.8 Å². The van der Waals surface area contributed by atoms with Gasteiger partial charge in [0.25, 0.3) is 0 Å². The minimum atomic E-state index is 0.315. The van der Waals surface area contributed by atoms with Crippen molar-refractivity contribution in [1.82, 2.24) is 14.9 Å². The number of hydrogen-bond acceptors (Lipinski definition) is 8. The highest BCUT2D eigenvalue weighted by atomic mass is 16.7. The highest BCUT2D eigenvalue weighted by Gasteiger charge is 2.26. The van der Waals surface area contributed by atoms with Crippen molar-refractivity contribution < 1.29 is 9.47 Å². The maximum absolute atomic E-state index is 6.57. The van der Waals surface area contributed by atoms with Gasteiger partial charge in [0.15, 0.2) is 23.1 Å². The summed E-state index contributed by atoms with van der Waals surface area (Å²) in [6.45, 7) is 8.24. The molecule has 8 nitrogen and oxygen atoms in total. The van der Waals surface area contributed by atoms with Gasteiger partial charge in [-0.25, -0.2) is 9.97 Å². The second kappa shape index (κ2) is 8.18. The molecule has 1 unspecified atom stereocenters. The topological polar surface area (TPSA) is 80.0 Å². The van der Waals surface area contributed by atoms with Crippen LogP contribution in [-0.2, 0) is 6.54 Å². The van der Waals surface area contributed by atoms with Crippen LogP contribution in [0.3, 0.4) is 0 Å². The number of piperidine rings is 1. The molecule has 5 rings (SSSR count). The van der Waals surface area contributed by atoms with Crippen molar-refractivity contribution in [3.8, 4) is 11.5 Å². The predicted molar refractivity (Wildman–Crippen MR) is 117 cm³/mol. The number of benzene rings is 1. The van der Waals surface area contributed by atoms with E-state index in [1.807, 2.05) is 6.07 Å². The fraction of sp³-hybridized carbons (Fsp3) is 0.545. The first-order valence-electron chi connectivity index (χ1n) is 10.9. The van der Waals surface area contributed by atoms with Crippen LogP contribution >= 0.6 is 0 Å². The van der Waals surface area contributed by atoms with Crippen LogP contribution in [0.25, 0.3) is 0 Å². The molecule has 1 aromatic heterocycles. The zero-order chi connectivity index (χ0) is 20.5. The second-order valence-corrected chi connectivity index (χ2v) is 8.42. The summed E-state index contributed by atoms with van der Waals surface area (Å²) in [6.07, 6.45) is 5.33. The zero-order valence-corrected chi connectivity index (χ0v) is 17.6. The lowest BCUT2D eigenvalue weighted by molar-refractivity contribution is 0.174. The van der Waals surface area contributed by atoms with E-state index in [1.54, 1.807) is 6.33 Å². The van der Waals surface area contributed by atoms with Crippen molar-refractivity contribution in [3.05, 3.63) is 30.1 Å². The van der Waals surface area contributed by atoms with Gasteiger partial charge in [-0.3, -0.25) is 4.90 Å². The fourth-order valence-electron chi connectivity index (χ4n) is 4.69. The van der Waals surface area contributed by atoms with Gasteiger partial charge in [-0.05, 0) is 43.9 Å². The third-order valence-electron chi connectivity index (χ3n) is 6.43. The molecule has 0 amide bonds. The Bertz CT molecular complexity index is 899. The smallest absolute Gasteiger partial charge is 0.231 e. The molecule has 2 aromatic rings. The number of nitrogen functional groups attached to an aromatic ring is 1. The van der Waals surface area contributed by atoms with Crippen molar-refractivity contribution in [1.29, 1.82) is 0 Å². The Morgan fingerprint density at radius 2 is 1.80 bits per heavy atom. The van der Waals surface area contributed by atoms with Crippen LogP contribution in [0, 0.1) is 0 Å². The lowest BCUT2D eigenvalue weighted by atomic mass is 10.0. The number of nitrogens with zero attached hydrogens (tertiary/aromatic N) is 5. The molecule has 3 aliphatic heterocycles. The Morgan fingerprint density at radius 3 is 2.63 bits per heavy atom. The van der Waals surface area contributed by atoms with E-state index >= 15 is 0 Å². The van der Waals surface area contributed by atoms with Crippen LogP contribution in [0.2, 0.25) is 0 Å². The molecular formula is C22H30N6O2. The van der Waals surface area contributed by atoms with Gasteiger partial charge in [0.05, 0.1) is 0 Å². The molecule has 2 saturated heterocycles. The summed E-state index contributed by atoms with van der Waals surface area (Å²) in [5, 5.41) is 0. The van der Waals surface area contributed by atoms with Gasteiger partial charge >= 0.3 is 0 Å². The van der Waals surface area contributed by atoms with E-state index < -0.39 is 0 Å². The van der Waals surface area contributed by atoms with E-state index in [9.17, 15) is 0 Å². The summed E-state index contributed by atoms with van der Waals surface area (Å²) in [5.74, 6) is 3.46. The lowest BCUT2D eigenvalue weighted by Gasteiger charge is -2.38. The van der Waals surface area contributed by atoms with Crippen LogP contribution in [0.15, 0.2) is 24.5 Å². The third-order valence-corrected chi connectivity index (χ3v) is 6.43. The fourth-order valence-corrected chi connectivity index (χ4v) is 4.69. The molecule has 4 heterocycles. The molecule has 0 radical (unpaired) electrons. The summed E-state index contributed by atoms with van der Waals surface area (Å²) in [5.41, 5.74) is 8.53. The van der Waals surface area contributed by atoms with Crippen LogP contribution < -0.4 is 25.0 Å². The van der Waals surface area contributed by atoms with Crippen LogP contribution in [-0.4, -0.2) is 60.4 Å². The molecule has 1 aromatic carbocycles. The van der Waals surface area contributed by atoms with Crippen molar-refractivity contribution in [2.75, 3.05) is 55.1 Å². The van der Waals surface area contributed by atoms with Gasteiger partial charge in [-0.2, -0.15) is 0 Å². The summed E-state index contributed by atoms with van der Waals surface area (Å²) < 4.78 is 10.9. The molecular weight excluding hydrogens is 380 g/mol. The number of fused-ring (bicyclic) bond motifs is 1. The molecule has 0 aliphatic carbocycles. The number of piperazine rings is 1. The van der Waals surface area contributed by atoms with Crippen molar-refractivity contribution in [2.24, 2.45) is 0 Å². The minimum absolute atomic E-state index is 0.315. The second-order valence-electron chi connectivity index (χ2n) is 8.42. The predicted octanol–water partition coefficient (Wildman–Crippen LogP) is 2.49. The molecule has 8 heteroatoms. The Labute approximate surface area is 177 Å². The van der Waals surface area contributed by atoms with E-state index in [-0.39, 0.29) is 0 Å².